The van der Waals surface area contributed by atoms with Crippen LogP contribution in [0.3, 0.4) is 0 Å². The van der Waals surface area contributed by atoms with Crippen LogP contribution in [0.1, 0.15) is 77.3 Å². The van der Waals surface area contributed by atoms with E-state index >= 15 is 0 Å². The highest BCUT2D eigenvalue weighted by Gasteiger charge is 2.26. The summed E-state index contributed by atoms with van der Waals surface area (Å²) in [5.74, 6) is 4.28. The molecule has 1 aromatic carbocycles. The van der Waals surface area contributed by atoms with Crippen LogP contribution in [0.25, 0.3) is 0 Å². The van der Waals surface area contributed by atoms with Crippen molar-refractivity contribution in [2.75, 3.05) is 0 Å². The monoisotopic (exact) mass is 286 g/mol. The van der Waals surface area contributed by atoms with E-state index in [0.29, 0.717) is 5.92 Å². The van der Waals surface area contributed by atoms with Crippen molar-refractivity contribution in [2.24, 2.45) is 23.7 Å². The van der Waals surface area contributed by atoms with Crippen molar-refractivity contribution in [3.63, 3.8) is 0 Å². The second-order valence-corrected chi connectivity index (χ2v) is 8.00. The van der Waals surface area contributed by atoms with Gasteiger partial charge in [0.1, 0.15) is 0 Å². The van der Waals surface area contributed by atoms with Crippen molar-refractivity contribution in [3.05, 3.63) is 35.4 Å². The third kappa shape index (κ3) is 4.59. The Kier molecular flexibility index (Phi) is 5.90. The average Bonchev–Trinajstić information content (AvgIpc) is 2.47. The lowest BCUT2D eigenvalue weighted by Gasteiger charge is -2.34. The van der Waals surface area contributed by atoms with Crippen LogP contribution in [0, 0.1) is 23.7 Å². The quantitative estimate of drug-likeness (QED) is 0.583. The lowest BCUT2D eigenvalue weighted by Crippen LogP contribution is -2.23. The van der Waals surface area contributed by atoms with Gasteiger partial charge >= 0.3 is 0 Å². The van der Waals surface area contributed by atoms with Gasteiger partial charge in [0, 0.05) is 0 Å². The van der Waals surface area contributed by atoms with Crippen molar-refractivity contribution in [2.45, 2.75) is 72.6 Å². The molecule has 0 radical (unpaired) electrons. The summed E-state index contributed by atoms with van der Waals surface area (Å²) in [7, 11) is 0. The van der Waals surface area contributed by atoms with Gasteiger partial charge in [-0.1, -0.05) is 58.9 Å². The van der Waals surface area contributed by atoms with Crippen LogP contribution in [-0.2, 0) is 6.42 Å². The first-order chi connectivity index (χ1) is 9.97. The highest BCUT2D eigenvalue weighted by molar-refractivity contribution is 5.26. The zero-order valence-corrected chi connectivity index (χ0v) is 14.7. The second kappa shape index (κ2) is 7.47. The number of hydrogen-bond acceptors (Lipinski definition) is 0. The molecule has 0 nitrogen and oxygen atoms in total. The van der Waals surface area contributed by atoms with Crippen LogP contribution in [0.5, 0.6) is 0 Å². The van der Waals surface area contributed by atoms with E-state index in [1.807, 2.05) is 0 Å². The Balaban J connectivity index is 1.90. The number of hydrogen-bond donors (Lipinski definition) is 0. The van der Waals surface area contributed by atoms with Gasteiger partial charge < -0.3 is 0 Å². The molecule has 1 unspecified atom stereocenters. The molecule has 0 amide bonds. The lowest BCUT2D eigenvalue weighted by molar-refractivity contribution is 0.181. The van der Waals surface area contributed by atoms with E-state index in [-0.39, 0.29) is 0 Å². The van der Waals surface area contributed by atoms with Gasteiger partial charge in [0.25, 0.3) is 0 Å². The SMILES string of the molecule is CC(C)c1cccc(CC(C)C2CCC(C(C)C)CC2)c1. The Bertz CT molecular complexity index is 421. The van der Waals surface area contributed by atoms with Crippen LogP contribution in [0.4, 0.5) is 0 Å². The largest absolute Gasteiger partial charge is 0.0625 e. The van der Waals surface area contributed by atoms with Crippen molar-refractivity contribution < 1.29 is 0 Å². The predicted octanol–water partition coefficient (Wildman–Crippen LogP) is 6.45. The van der Waals surface area contributed by atoms with Crippen molar-refractivity contribution >= 4 is 0 Å². The van der Waals surface area contributed by atoms with E-state index in [1.165, 1.54) is 37.7 Å². The lowest BCUT2D eigenvalue weighted by atomic mass is 9.72. The molecule has 2 rings (SSSR count). The molecule has 21 heavy (non-hydrogen) atoms. The standard InChI is InChI=1S/C21H34/c1-15(2)19-9-11-20(12-10-19)17(5)13-18-7-6-8-21(14-18)16(3)4/h6-8,14-17,19-20H,9-13H2,1-5H3. The maximum absolute atomic E-state index is 2.47. The molecule has 1 fully saturated rings. The summed E-state index contributed by atoms with van der Waals surface area (Å²) < 4.78 is 0. The van der Waals surface area contributed by atoms with Gasteiger partial charge in [0.15, 0.2) is 0 Å². The van der Waals surface area contributed by atoms with Crippen LogP contribution in [0.2, 0.25) is 0 Å². The van der Waals surface area contributed by atoms with Gasteiger partial charge in [-0.25, -0.2) is 0 Å². The first-order valence-electron chi connectivity index (χ1n) is 9.06. The zero-order valence-electron chi connectivity index (χ0n) is 14.7. The Labute approximate surface area is 132 Å². The molecule has 0 bridgehead atoms. The maximum Gasteiger partial charge on any atom is -0.0219 e. The molecule has 0 aromatic heterocycles. The molecule has 1 aliphatic carbocycles. The highest BCUT2D eigenvalue weighted by atomic mass is 14.3. The van der Waals surface area contributed by atoms with E-state index in [2.05, 4.69) is 58.9 Å². The molecular weight excluding hydrogens is 252 g/mol. The fourth-order valence-electron chi connectivity index (χ4n) is 4.00. The summed E-state index contributed by atoms with van der Waals surface area (Å²) in [6, 6.07) is 9.27. The third-order valence-corrected chi connectivity index (χ3v) is 5.74. The van der Waals surface area contributed by atoms with Crippen LogP contribution < -0.4 is 0 Å². The molecule has 1 aliphatic rings. The minimum Gasteiger partial charge on any atom is -0.0625 e. The first kappa shape index (κ1) is 16.6. The Morgan fingerprint density at radius 1 is 0.905 bits per heavy atom. The van der Waals surface area contributed by atoms with E-state index < -0.39 is 0 Å². The van der Waals surface area contributed by atoms with E-state index in [9.17, 15) is 0 Å². The molecular formula is C21H34. The Morgan fingerprint density at radius 3 is 2.10 bits per heavy atom. The maximum atomic E-state index is 2.47. The van der Waals surface area contributed by atoms with Crippen molar-refractivity contribution in [3.8, 4) is 0 Å². The van der Waals surface area contributed by atoms with Gasteiger partial charge in [0.05, 0.1) is 0 Å². The normalized spacial score (nSPS) is 24.5. The summed E-state index contributed by atoms with van der Waals surface area (Å²) in [6.45, 7) is 11.8. The first-order valence-corrected chi connectivity index (χ1v) is 9.06. The highest BCUT2D eigenvalue weighted by Crippen LogP contribution is 2.37. The molecule has 0 heteroatoms. The van der Waals surface area contributed by atoms with Gasteiger partial charge in [-0.2, -0.15) is 0 Å². The summed E-state index contributed by atoms with van der Waals surface area (Å²) in [5, 5.41) is 0. The molecule has 1 saturated carbocycles. The third-order valence-electron chi connectivity index (χ3n) is 5.74. The second-order valence-electron chi connectivity index (χ2n) is 8.00. The summed E-state index contributed by atoms with van der Waals surface area (Å²) in [4.78, 5) is 0. The zero-order chi connectivity index (χ0) is 15.4. The molecule has 0 N–H and O–H groups in total. The fraction of sp³-hybridized carbons (Fsp3) is 0.714. The van der Waals surface area contributed by atoms with Crippen LogP contribution >= 0.6 is 0 Å². The van der Waals surface area contributed by atoms with Crippen molar-refractivity contribution in [1.29, 1.82) is 0 Å². The molecule has 0 saturated heterocycles. The van der Waals surface area contributed by atoms with Crippen LogP contribution in [0.15, 0.2) is 24.3 Å². The summed E-state index contributed by atoms with van der Waals surface area (Å²) in [5.41, 5.74) is 3.03. The smallest absolute Gasteiger partial charge is 0.0219 e. The molecule has 0 spiro atoms. The minimum absolute atomic E-state index is 0.640. The van der Waals surface area contributed by atoms with Crippen molar-refractivity contribution in [1.82, 2.24) is 0 Å². The fourth-order valence-corrected chi connectivity index (χ4v) is 4.00. The van der Waals surface area contributed by atoms with Crippen LogP contribution in [-0.4, -0.2) is 0 Å². The molecule has 0 aliphatic heterocycles. The molecule has 1 atom stereocenters. The summed E-state index contributed by atoms with van der Waals surface area (Å²) in [6.07, 6.45) is 7.08. The molecule has 0 heterocycles. The van der Waals surface area contributed by atoms with E-state index in [4.69, 9.17) is 0 Å². The van der Waals surface area contributed by atoms with Gasteiger partial charge in [-0.3, -0.25) is 0 Å². The Hall–Kier alpha value is -0.780. The Morgan fingerprint density at radius 2 is 1.52 bits per heavy atom. The number of benzene rings is 1. The predicted molar refractivity (Wildman–Crippen MR) is 93.7 cm³/mol. The topological polar surface area (TPSA) is 0 Å². The van der Waals surface area contributed by atoms with Gasteiger partial charge in [-0.15, -0.1) is 0 Å². The van der Waals surface area contributed by atoms with E-state index in [1.54, 1.807) is 5.56 Å². The minimum atomic E-state index is 0.640. The summed E-state index contributed by atoms with van der Waals surface area (Å²) >= 11 is 0. The number of rotatable bonds is 5. The molecule has 1 aromatic rings. The average molecular weight is 287 g/mol. The molecule has 118 valence electrons. The van der Waals surface area contributed by atoms with Gasteiger partial charge in [0.2, 0.25) is 0 Å². The van der Waals surface area contributed by atoms with Gasteiger partial charge in [-0.05, 0) is 72.8 Å². The van der Waals surface area contributed by atoms with E-state index in [0.717, 1.165) is 23.7 Å².